The molecule has 0 saturated carbocycles. The number of thioether (sulfide) groups is 1. The van der Waals surface area contributed by atoms with Crippen LogP contribution in [0.25, 0.3) is 11.2 Å². The van der Waals surface area contributed by atoms with Gasteiger partial charge in [0.15, 0.2) is 11.5 Å². The average Bonchev–Trinajstić information content (AvgIpc) is 2.86. The van der Waals surface area contributed by atoms with E-state index in [4.69, 9.17) is 5.73 Å². The summed E-state index contributed by atoms with van der Waals surface area (Å²) in [5, 5.41) is 0. The highest BCUT2D eigenvalue weighted by molar-refractivity contribution is 7.99. The summed E-state index contributed by atoms with van der Waals surface area (Å²) in [7, 11) is 0. The van der Waals surface area contributed by atoms with Gasteiger partial charge in [0.2, 0.25) is 0 Å². The Balaban J connectivity index is 1.61. The van der Waals surface area contributed by atoms with E-state index in [2.05, 4.69) is 43.1 Å². The predicted molar refractivity (Wildman–Crippen MR) is 82.7 cm³/mol. The third-order valence-electron chi connectivity index (χ3n) is 3.78. The standard InChI is InChI=1S/C13H20N6S/c1-10-7-20-6-5-18(10)3-2-4-19-9-17-11-12(14)15-8-16-13(11)19/h8-10H,2-7H2,1H3,(H2,14,15,16). The Morgan fingerprint density at radius 2 is 2.25 bits per heavy atom. The first kappa shape index (κ1) is 13.6. The van der Waals surface area contributed by atoms with Crippen LogP contribution in [-0.2, 0) is 6.54 Å². The molecule has 1 aliphatic heterocycles. The molecule has 0 spiro atoms. The molecule has 0 amide bonds. The van der Waals surface area contributed by atoms with Crippen molar-refractivity contribution in [1.29, 1.82) is 0 Å². The van der Waals surface area contributed by atoms with Gasteiger partial charge in [0.05, 0.1) is 6.33 Å². The van der Waals surface area contributed by atoms with Crippen LogP contribution in [0.1, 0.15) is 13.3 Å². The number of hydrogen-bond acceptors (Lipinski definition) is 6. The minimum Gasteiger partial charge on any atom is -0.382 e. The van der Waals surface area contributed by atoms with Gasteiger partial charge in [0.25, 0.3) is 0 Å². The average molecular weight is 292 g/mol. The first-order valence-corrected chi connectivity index (χ1v) is 8.14. The molecule has 7 heteroatoms. The van der Waals surface area contributed by atoms with Crippen molar-refractivity contribution >= 4 is 28.7 Å². The van der Waals surface area contributed by atoms with E-state index in [0.29, 0.717) is 17.4 Å². The Morgan fingerprint density at radius 1 is 1.35 bits per heavy atom. The van der Waals surface area contributed by atoms with E-state index < -0.39 is 0 Å². The maximum absolute atomic E-state index is 5.80. The molecule has 20 heavy (non-hydrogen) atoms. The zero-order valence-corrected chi connectivity index (χ0v) is 12.5. The van der Waals surface area contributed by atoms with Gasteiger partial charge in [0.1, 0.15) is 11.8 Å². The summed E-state index contributed by atoms with van der Waals surface area (Å²) < 4.78 is 2.07. The number of fused-ring (bicyclic) bond motifs is 1. The highest BCUT2D eigenvalue weighted by atomic mass is 32.2. The highest BCUT2D eigenvalue weighted by Gasteiger charge is 2.17. The number of nitrogen functional groups attached to an aromatic ring is 1. The summed E-state index contributed by atoms with van der Waals surface area (Å²) in [6.45, 7) is 5.56. The topological polar surface area (TPSA) is 72.9 Å². The normalized spacial score (nSPS) is 20.6. The largest absolute Gasteiger partial charge is 0.382 e. The summed E-state index contributed by atoms with van der Waals surface area (Å²) >= 11 is 2.05. The maximum Gasteiger partial charge on any atom is 0.165 e. The van der Waals surface area contributed by atoms with Crippen LogP contribution in [0.4, 0.5) is 5.82 Å². The monoisotopic (exact) mass is 292 g/mol. The second kappa shape index (κ2) is 5.97. The highest BCUT2D eigenvalue weighted by Crippen LogP contribution is 2.17. The number of aryl methyl sites for hydroxylation is 1. The van der Waals surface area contributed by atoms with Crippen molar-refractivity contribution in [2.24, 2.45) is 0 Å². The lowest BCUT2D eigenvalue weighted by molar-refractivity contribution is 0.226. The van der Waals surface area contributed by atoms with Crippen LogP contribution in [0, 0.1) is 0 Å². The lowest BCUT2D eigenvalue weighted by Gasteiger charge is -2.32. The van der Waals surface area contributed by atoms with Crippen LogP contribution in [0.3, 0.4) is 0 Å². The molecule has 0 radical (unpaired) electrons. The van der Waals surface area contributed by atoms with Gasteiger partial charge < -0.3 is 10.3 Å². The zero-order chi connectivity index (χ0) is 13.9. The Bertz CT molecular complexity index is 583. The summed E-state index contributed by atoms with van der Waals surface area (Å²) in [5.41, 5.74) is 7.33. The molecule has 2 N–H and O–H groups in total. The van der Waals surface area contributed by atoms with Crippen molar-refractivity contribution in [1.82, 2.24) is 24.4 Å². The molecular weight excluding hydrogens is 272 g/mol. The molecule has 3 heterocycles. The molecule has 108 valence electrons. The first-order chi connectivity index (χ1) is 9.75. The third kappa shape index (κ3) is 2.73. The van der Waals surface area contributed by atoms with Gasteiger partial charge in [-0.2, -0.15) is 11.8 Å². The number of anilines is 1. The number of nitrogens with zero attached hydrogens (tertiary/aromatic N) is 5. The summed E-state index contributed by atoms with van der Waals surface area (Å²) in [6, 6.07) is 0.686. The Labute approximate surface area is 122 Å². The van der Waals surface area contributed by atoms with Crippen molar-refractivity contribution in [2.75, 3.05) is 30.3 Å². The fraction of sp³-hybridized carbons (Fsp3) is 0.615. The molecular formula is C13H20N6S. The number of rotatable bonds is 4. The fourth-order valence-corrected chi connectivity index (χ4v) is 3.68. The van der Waals surface area contributed by atoms with Gasteiger partial charge in [-0.1, -0.05) is 0 Å². The van der Waals surface area contributed by atoms with E-state index in [1.807, 2.05) is 6.33 Å². The molecule has 0 bridgehead atoms. The van der Waals surface area contributed by atoms with Crippen molar-refractivity contribution in [3.8, 4) is 0 Å². The molecule has 1 atom stereocenters. The summed E-state index contributed by atoms with van der Waals surface area (Å²) in [5.74, 6) is 2.95. The molecule has 2 aromatic heterocycles. The van der Waals surface area contributed by atoms with Crippen LogP contribution in [0.5, 0.6) is 0 Å². The quantitative estimate of drug-likeness (QED) is 0.914. The molecule has 0 aromatic carbocycles. The zero-order valence-electron chi connectivity index (χ0n) is 11.7. The number of hydrogen-bond donors (Lipinski definition) is 1. The Kier molecular flexibility index (Phi) is 4.07. The van der Waals surface area contributed by atoms with Crippen molar-refractivity contribution in [3.63, 3.8) is 0 Å². The second-order valence-corrected chi connectivity index (χ2v) is 6.33. The van der Waals surface area contributed by atoms with Crippen LogP contribution in [0.15, 0.2) is 12.7 Å². The lowest BCUT2D eigenvalue weighted by atomic mass is 10.2. The lowest BCUT2D eigenvalue weighted by Crippen LogP contribution is -2.41. The fourth-order valence-electron chi connectivity index (χ4n) is 2.60. The maximum atomic E-state index is 5.80. The molecule has 0 aliphatic carbocycles. The SMILES string of the molecule is CC1CSCCN1CCCn1cnc2c(N)ncnc21. The first-order valence-electron chi connectivity index (χ1n) is 6.99. The van der Waals surface area contributed by atoms with Crippen LogP contribution < -0.4 is 5.73 Å². The van der Waals surface area contributed by atoms with E-state index in [0.717, 1.165) is 25.2 Å². The van der Waals surface area contributed by atoms with Crippen molar-refractivity contribution in [3.05, 3.63) is 12.7 Å². The van der Waals surface area contributed by atoms with Crippen molar-refractivity contribution < 1.29 is 0 Å². The molecule has 1 fully saturated rings. The van der Waals surface area contributed by atoms with Gasteiger partial charge >= 0.3 is 0 Å². The molecule has 1 aliphatic rings. The smallest absolute Gasteiger partial charge is 0.165 e. The molecule has 2 aromatic rings. The van der Waals surface area contributed by atoms with E-state index >= 15 is 0 Å². The van der Waals surface area contributed by atoms with Gasteiger partial charge in [0, 0.05) is 37.2 Å². The molecule has 1 saturated heterocycles. The van der Waals surface area contributed by atoms with Gasteiger partial charge in [-0.05, 0) is 13.3 Å². The number of nitrogens with two attached hydrogens (primary N) is 1. The minimum atomic E-state index is 0.454. The minimum absolute atomic E-state index is 0.454. The van der Waals surface area contributed by atoms with E-state index in [1.165, 1.54) is 24.4 Å². The Morgan fingerprint density at radius 3 is 3.10 bits per heavy atom. The van der Waals surface area contributed by atoms with Gasteiger partial charge in [-0.25, -0.2) is 15.0 Å². The molecule has 1 unspecified atom stereocenters. The van der Waals surface area contributed by atoms with Crippen molar-refractivity contribution in [2.45, 2.75) is 25.9 Å². The van der Waals surface area contributed by atoms with E-state index in [9.17, 15) is 0 Å². The van der Waals surface area contributed by atoms with Crippen LogP contribution >= 0.6 is 11.8 Å². The molecule has 6 nitrogen and oxygen atoms in total. The summed E-state index contributed by atoms with van der Waals surface area (Å²) in [4.78, 5) is 15.1. The second-order valence-electron chi connectivity index (χ2n) is 5.18. The third-order valence-corrected chi connectivity index (χ3v) is 4.97. The Hall–Kier alpha value is -1.34. The van der Waals surface area contributed by atoms with Gasteiger partial charge in [-0.3, -0.25) is 4.90 Å². The number of aromatic nitrogens is 4. The predicted octanol–water partition coefficient (Wildman–Crippen LogP) is 1.24. The van der Waals surface area contributed by atoms with Gasteiger partial charge in [-0.15, -0.1) is 0 Å². The van der Waals surface area contributed by atoms with Crippen LogP contribution in [-0.4, -0.2) is 55.1 Å². The van der Waals surface area contributed by atoms with E-state index in [1.54, 1.807) is 0 Å². The number of imidazole rings is 1. The van der Waals surface area contributed by atoms with Crippen LogP contribution in [0.2, 0.25) is 0 Å². The summed E-state index contributed by atoms with van der Waals surface area (Å²) in [6.07, 6.45) is 4.41. The molecule has 3 rings (SSSR count). The van der Waals surface area contributed by atoms with E-state index in [-0.39, 0.29) is 0 Å².